The van der Waals surface area contributed by atoms with Gasteiger partial charge in [0.25, 0.3) is 0 Å². The van der Waals surface area contributed by atoms with E-state index in [4.69, 9.17) is 28.4 Å². The Hall–Kier alpha value is -4.08. The third-order valence-corrected chi connectivity index (χ3v) is 6.80. The lowest BCUT2D eigenvalue weighted by atomic mass is 10.1. The molecular weight excluding hydrogens is 592 g/mol. The number of allylic oxidation sites excluding steroid dienone is 1. The Morgan fingerprint density at radius 3 is 1.33 bits per heavy atom. The van der Waals surface area contributed by atoms with E-state index in [-0.39, 0.29) is 11.1 Å². The normalized spacial score (nSPS) is 11.2. The van der Waals surface area contributed by atoms with Gasteiger partial charge in [0.05, 0.1) is 50.8 Å². The lowest BCUT2D eigenvalue weighted by Gasteiger charge is -2.18. The monoisotopic (exact) mass is 644 g/mol. The highest BCUT2D eigenvalue weighted by Gasteiger charge is 2.20. The second-order valence-corrected chi connectivity index (χ2v) is 11.0. The fourth-order valence-corrected chi connectivity index (χ4v) is 4.21. The van der Waals surface area contributed by atoms with E-state index >= 15 is 0 Å². The molecule has 0 aliphatic heterocycles. The summed E-state index contributed by atoms with van der Waals surface area (Å²) >= 11 is 0. The Kier molecular flexibility index (Phi) is 17.9. The van der Waals surface area contributed by atoms with Crippen LogP contribution in [-0.2, 0) is 0 Å². The largest absolute Gasteiger partial charge is 0.490 e. The van der Waals surface area contributed by atoms with E-state index in [1.165, 1.54) is 24.3 Å². The molecule has 0 aromatic heterocycles. The molecule has 0 spiro atoms. The Labute approximate surface area is 273 Å². The van der Waals surface area contributed by atoms with Crippen LogP contribution >= 0.6 is 0 Å². The van der Waals surface area contributed by atoms with Crippen molar-refractivity contribution in [2.24, 2.45) is 0 Å². The predicted octanol–water partition coefficient (Wildman–Crippen LogP) is 8.59. The summed E-state index contributed by atoms with van der Waals surface area (Å²) < 4.78 is 35.7. The number of ether oxygens (including phenoxy) is 6. The smallest absolute Gasteiger partial charge is 0.335 e. The molecule has 0 atom stereocenters. The van der Waals surface area contributed by atoms with Crippen LogP contribution < -0.4 is 28.4 Å². The van der Waals surface area contributed by atoms with Crippen molar-refractivity contribution in [1.82, 2.24) is 0 Å². The van der Waals surface area contributed by atoms with Crippen LogP contribution in [0.15, 0.2) is 35.9 Å². The Balaban J connectivity index is 2.03. The first-order chi connectivity index (χ1) is 22.2. The summed E-state index contributed by atoms with van der Waals surface area (Å²) in [6.07, 6.45) is 9.33. The maximum atomic E-state index is 11.8. The zero-order valence-corrected chi connectivity index (χ0v) is 28.2. The van der Waals surface area contributed by atoms with Crippen LogP contribution in [0.25, 0.3) is 0 Å². The summed E-state index contributed by atoms with van der Waals surface area (Å²) in [5.41, 5.74) is 1.27. The van der Waals surface area contributed by atoms with E-state index in [0.29, 0.717) is 87.0 Å². The summed E-state index contributed by atoms with van der Waals surface area (Å²) in [7, 11) is 0. The van der Waals surface area contributed by atoms with Crippen molar-refractivity contribution in [2.45, 2.75) is 92.4 Å². The van der Waals surface area contributed by atoms with Crippen molar-refractivity contribution in [1.29, 1.82) is 0 Å². The lowest BCUT2D eigenvalue weighted by Crippen LogP contribution is -2.08. The van der Waals surface area contributed by atoms with Crippen LogP contribution in [0, 0.1) is 0 Å². The quantitative estimate of drug-likeness (QED) is 0.0800. The molecule has 0 unspecified atom stereocenters. The number of unbranched alkanes of at least 4 members (excludes halogenated alkanes) is 3. The van der Waals surface area contributed by atoms with Gasteiger partial charge < -0.3 is 38.6 Å². The number of benzene rings is 2. The highest BCUT2D eigenvalue weighted by molar-refractivity contribution is 5.90. The van der Waals surface area contributed by atoms with E-state index < -0.39 is 11.9 Å². The summed E-state index contributed by atoms with van der Waals surface area (Å²) in [6, 6.07) is 5.94. The molecule has 2 aromatic carbocycles. The fourth-order valence-electron chi connectivity index (χ4n) is 4.21. The molecule has 256 valence electrons. The van der Waals surface area contributed by atoms with Gasteiger partial charge >= 0.3 is 11.9 Å². The van der Waals surface area contributed by atoms with Crippen LogP contribution in [0.1, 0.15) is 113 Å². The molecule has 46 heavy (non-hydrogen) atoms. The van der Waals surface area contributed by atoms with Crippen molar-refractivity contribution in [3.8, 4) is 34.5 Å². The summed E-state index contributed by atoms with van der Waals surface area (Å²) in [6.45, 7) is 12.6. The Morgan fingerprint density at radius 1 is 0.565 bits per heavy atom. The maximum Gasteiger partial charge on any atom is 0.335 e. The Bertz CT molecular complexity index is 1250. The van der Waals surface area contributed by atoms with Gasteiger partial charge in [0.2, 0.25) is 11.5 Å². The molecule has 0 aliphatic rings. The van der Waals surface area contributed by atoms with Gasteiger partial charge in [-0.15, -0.1) is 0 Å². The minimum absolute atomic E-state index is 0.0781. The second-order valence-electron chi connectivity index (χ2n) is 11.0. The molecule has 0 amide bonds. The molecule has 2 rings (SSSR count). The van der Waals surface area contributed by atoms with Crippen LogP contribution in [0.5, 0.6) is 34.5 Å². The van der Waals surface area contributed by atoms with Gasteiger partial charge in [-0.2, -0.15) is 0 Å². The van der Waals surface area contributed by atoms with Crippen molar-refractivity contribution in [3.05, 3.63) is 47.0 Å². The third-order valence-electron chi connectivity index (χ3n) is 6.80. The molecular formula is C36H52O10. The van der Waals surface area contributed by atoms with Crippen molar-refractivity contribution in [3.63, 3.8) is 0 Å². The average Bonchev–Trinajstić information content (AvgIpc) is 3.03. The van der Waals surface area contributed by atoms with E-state index in [1.54, 1.807) is 0 Å². The average molecular weight is 645 g/mol. The molecule has 2 N–H and O–H groups in total. The standard InChI is InChI=1S/C36H52O10/c1-6-10-18-41-29-22-27(35(37)38)24-31(33(29)45-16-8-3)43-20-13-12-14-26(5)15-21-44-32-25-28(36(39)40)23-30(42-19-11-7-2)34(32)46-17-9-4/h14,22-25H,6-13,15-21H2,1-5H3,(H,37,38)(H,39,40)/b26-14-. The number of aromatic carboxylic acids is 2. The van der Waals surface area contributed by atoms with E-state index in [1.807, 2.05) is 20.8 Å². The number of rotatable bonds is 25. The summed E-state index contributed by atoms with van der Waals surface area (Å²) in [5, 5.41) is 19.3. The highest BCUT2D eigenvalue weighted by Crippen LogP contribution is 2.41. The summed E-state index contributed by atoms with van der Waals surface area (Å²) in [5.74, 6) is 0.192. The SMILES string of the molecule is CCCCOc1cc(C(=O)O)cc(OCCC/C=C(/C)CCOc2cc(C(=O)O)cc(OCCCC)c2OCCC)c1OCCC. The Morgan fingerprint density at radius 2 is 0.957 bits per heavy atom. The number of carboxylic acid groups (broad SMARTS) is 2. The first-order valence-corrected chi connectivity index (χ1v) is 16.5. The molecule has 10 nitrogen and oxygen atoms in total. The molecule has 0 saturated carbocycles. The number of hydrogen-bond donors (Lipinski definition) is 2. The zero-order valence-electron chi connectivity index (χ0n) is 28.2. The number of carbonyl (C=O) groups is 2. The van der Waals surface area contributed by atoms with Crippen LogP contribution in [-0.4, -0.2) is 61.8 Å². The van der Waals surface area contributed by atoms with Crippen LogP contribution in [0.3, 0.4) is 0 Å². The molecule has 0 fully saturated rings. The predicted molar refractivity (Wildman–Crippen MR) is 178 cm³/mol. The molecule has 0 heterocycles. The van der Waals surface area contributed by atoms with E-state index in [2.05, 4.69) is 19.9 Å². The first kappa shape index (κ1) is 38.1. The number of carboxylic acids is 2. The molecule has 0 radical (unpaired) electrons. The van der Waals surface area contributed by atoms with Crippen LogP contribution in [0.4, 0.5) is 0 Å². The van der Waals surface area contributed by atoms with Gasteiger partial charge in [0, 0.05) is 6.42 Å². The van der Waals surface area contributed by atoms with Crippen molar-refractivity contribution in [2.75, 3.05) is 39.6 Å². The van der Waals surface area contributed by atoms with Gasteiger partial charge in [-0.3, -0.25) is 0 Å². The topological polar surface area (TPSA) is 130 Å². The van der Waals surface area contributed by atoms with Crippen molar-refractivity contribution < 1.29 is 48.2 Å². The van der Waals surface area contributed by atoms with Crippen LogP contribution in [0.2, 0.25) is 0 Å². The summed E-state index contributed by atoms with van der Waals surface area (Å²) in [4.78, 5) is 23.5. The third kappa shape index (κ3) is 13.1. The lowest BCUT2D eigenvalue weighted by molar-refractivity contribution is 0.0685. The second kappa shape index (κ2) is 21.6. The minimum atomic E-state index is -1.07. The molecule has 0 saturated heterocycles. The molecule has 0 bridgehead atoms. The van der Waals surface area contributed by atoms with Gasteiger partial charge in [0.15, 0.2) is 23.0 Å². The number of hydrogen-bond acceptors (Lipinski definition) is 8. The van der Waals surface area contributed by atoms with Gasteiger partial charge in [-0.25, -0.2) is 9.59 Å². The van der Waals surface area contributed by atoms with Gasteiger partial charge in [-0.1, -0.05) is 52.2 Å². The van der Waals surface area contributed by atoms with Crippen molar-refractivity contribution >= 4 is 11.9 Å². The molecule has 2 aromatic rings. The first-order valence-electron chi connectivity index (χ1n) is 16.5. The van der Waals surface area contributed by atoms with Gasteiger partial charge in [-0.05, 0) is 69.7 Å². The molecule has 10 heteroatoms. The zero-order chi connectivity index (χ0) is 33.7. The minimum Gasteiger partial charge on any atom is -0.490 e. The van der Waals surface area contributed by atoms with Gasteiger partial charge in [0.1, 0.15) is 0 Å². The maximum absolute atomic E-state index is 11.8. The highest BCUT2D eigenvalue weighted by atomic mass is 16.5. The fraction of sp³-hybridized carbons (Fsp3) is 0.556. The van der Waals surface area contributed by atoms with E-state index in [9.17, 15) is 19.8 Å². The van der Waals surface area contributed by atoms with E-state index in [0.717, 1.165) is 50.5 Å². The molecule has 0 aliphatic carbocycles.